The first-order chi connectivity index (χ1) is 8.10. The Morgan fingerprint density at radius 3 is 2.06 bits per heavy atom. The molecule has 1 atom stereocenters. The van der Waals surface area contributed by atoms with E-state index in [2.05, 4.69) is 0 Å². The van der Waals surface area contributed by atoms with Crippen LogP contribution in [-0.4, -0.2) is 21.8 Å². The van der Waals surface area contributed by atoms with Gasteiger partial charge >= 0.3 is 5.97 Å². The standard InChI is InChI=1S/C14H20O4/c1-13(2,3)18-11-7-5-10(6-8-11)14(4,17)9-12(15)16/h5-8,17H,9H2,1-4H3,(H,15,16). The summed E-state index contributed by atoms with van der Waals surface area (Å²) in [5, 5.41) is 18.8. The minimum absolute atomic E-state index is 0.287. The van der Waals surface area contributed by atoms with Crippen molar-refractivity contribution in [2.45, 2.75) is 45.3 Å². The van der Waals surface area contributed by atoms with E-state index in [1.54, 1.807) is 24.3 Å². The summed E-state index contributed by atoms with van der Waals surface area (Å²) >= 11 is 0. The number of carboxylic acids is 1. The number of hydrogen-bond donors (Lipinski definition) is 2. The van der Waals surface area contributed by atoms with Crippen LogP contribution in [0.25, 0.3) is 0 Å². The molecular weight excluding hydrogens is 232 g/mol. The summed E-state index contributed by atoms with van der Waals surface area (Å²) in [6, 6.07) is 6.84. The van der Waals surface area contributed by atoms with E-state index in [1.165, 1.54) is 6.92 Å². The summed E-state index contributed by atoms with van der Waals surface area (Å²) < 4.78 is 5.65. The van der Waals surface area contributed by atoms with Crippen molar-refractivity contribution in [3.05, 3.63) is 29.8 Å². The van der Waals surface area contributed by atoms with E-state index in [1.807, 2.05) is 20.8 Å². The summed E-state index contributed by atoms with van der Waals surface area (Å²) in [5.74, 6) is -0.340. The third kappa shape index (κ3) is 4.37. The molecule has 0 aliphatic carbocycles. The number of rotatable bonds is 4. The molecular formula is C14H20O4. The van der Waals surface area contributed by atoms with Crippen LogP contribution in [-0.2, 0) is 10.4 Å². The lowest BCUT2D eigenvalue weighted by atomic mass is 9.92. The first kappa shape index (κ1) is 14.5. The van der Waals surface area contributed by atoms with E-state index in [-0.39, 0.29) is 12.0 Å². The fourth-order valence-corrected chi connectivity index (χ4v) is 1.63. The summed E-state index contributed by atoms with van der Waals surface area (Å²) in [7, 11) is 0. The molecule has 0 radical (unpaired) electrons. The van der Waals surface area contributed by atoms with E-state index in [0.29, 0.717) is 11.3 Å². The van der Waals surface area contributed by atoms with Crippen LogP contribution in [0.4, 0.5) is 0 Å². The lowest BCUT2D eigenvalue weighted by Crippen LogP contribution is -2.25. The molecule has 18 heavy (non-hydrogen) atoms. The van der Waals surface area contributed by atoms with Gasteiger partial charge in [-0.1, -0.05) is 12.1 Å². The first-order valence-electron chi connectivity index (χ1n) is 5.84. The minimum Gasteiger partial charge on any atom is -0.488 e. The van der Waals surface area contributed by atoms with Gasteiger partial charge in [-0.3, -0.25) is 4.79 Å². The molecule has 1 unspecified atom stereocenters. The van der Waals surface area contributed by atoms with E-state index in [4.69, 9.17) is 9.84 Å². The normalized spacial score (nSPS) is 14.9. The molecule has 0 aliphatic rings. The Hall–Kier alpha value is -1.55. The number of aliphatic carboxylic acids is 1. The van der Waals surface area contributed by atoms with Crippen LogP contribution in [0.15, 0.2) is 24.3 Å². The Morgan fingerprint density at radius 2 is 1.67 bits per heavy atom. The number of carboxylic acid groups (broad SMARTS) is 1. The summed E-state index contributed by atoms with van der Waals surface area (Å²) in [5.41, 5.74) is -1.09. The SMILES string of the molecule is CC(C)(C)Oc1ccc(C(C)(O)CC(=O)O)cc1. The van der Waals surface area contributed by atoms with Gasteiger partial charge < -0.3 is 14.9 Å². The number of hydrogen-bond acceptors (Lipinski definition) is 3. The smallest absolute Gasteiger partial charge is 0.306 e. The monoisotopic (exact) mass is 252 g/mol. The second kappa shape index (κ2) is 4.98. The van der Waals surface area contributed by atoms with Gasteiger partial charge in [0.1, 0.15) is 11.4 Å². The van der Waals surface area contributed by atoms with E-state index < -0.39 is 11.6 Å². The molecule has 1 rings (SSSR count). The van der Waals surface area contributed by atoms with Gasteiger partial charge in [-0.25, -0.2) is 0 Å². The number of carbonyl (C=O) groups is 1. The number of ether oxygens (including phenoxy) is 1. The molecule has 0 aromatic heterocycles. The van der Waals surface area contributed by atoms with Gasteiger partial charge in [0.05, 0.1) is 12.0 Å². The van der Waals surface area contributed by atoms with Gasteiger partial charge in [-0.15, -0.1) is 0 Å². The topological polar surface area (TPSA) is 66.8 Å². The fraction of sp³-hybridized carbons (Fsp3) is 0.500. The molecule has 0 saturated heterocycles. The zero-order valence-electron chi connectivity index (χ0n) is 11.2. The van der Waals surface area contributed by atoms with Crippen molar-refractivity contribution in [2.24, 2.45) is 0 Å². The van der Waals surface area contributed by atoms with Gasteiger partial charge in [-0.2, -0.15) is 0 Å². The fourth-order valence-electron chi connectivity index (χ4n) is 1.63. The van der Waals surface area contributed by atoms with Gasteiger partial charge in [0.25, 0.3) is 0 Å². The van der Waals surface area contributed by atoms with Gasteiger partial charge in [-0.05, 0) is 45.4 Å². The van der Waals surface area contributed by atoms with Crippen molar-refractivity contribution in [1.29, 1.82) is 0 Å². The van der Waals surface area contributed by atoms with Crippen LogP contribution in [0.2, 0.25) is 0 Å². The third-order valence-electron chi connectivity index (χ3n) is 2.40. The summed E-state index contributed by atoms with van der Waals surface area (Å²) in [6.45, 7) is 7.32. The predicted molar refractivity (Wildman–Crippen MR) is 68.6 cm³/mol. The number of aliphatic hydroxyl groups is 1. The highest BCUT2D eigenvalue weighted by atomic mass is 16.5. The second-order valence-electron chi connectivity index (χ2n) is 5.58. The molecule has 2 N–H and O–H groups in total. The summed E-state index contributed by atoms with van der Waals surface area (Å²) in [4.78, 5) is 10.7. The highest BCUT2D eigenvalue weighted by Gasteiger charge is 2.26. The zero-order valence-corrected chi connectivity index (χ0v) is 11.2. The first-order valence-corrected chi connectivity index (χ1v) is 5.84. The van der Waals surface area contributed by atoms with Crippen molar-refractivity contribution in [3.63, 3.8) is 0 Å². The average Bonchev–Trinajstić information content (AvgIpc) is 2.13. The lowest BCUT2D eigenvalue weighted by molar-refractivity contribution is -0.142. The van der Waals surface area contributed by atoms with Gasteiger partial charge in [0.2, 0.25) is 0 Å². The Morgan fingerprint density at radius 1 is 1.17 bits per heavy atom. The van der Waals surface area contributed by atoms with Crippen LogP contribution in [0, 0.1) is 0 Å². The van der Waals surface area contributed by atoms with E-state index >= 15 is 0 Å². The van der Waals surface area contributed by atoms with E-state index in [9.17, 15) is 9.90 Å². The van der Waals surface area contributed by atoms with Crippen LogP contribution in [0.1, 0.15) is 39.7 Å². The maximum absolute atomic E-state index is 10.7. The Kier molecular flexibility index (Phi) is 4.02. The number of benzene rings is 1. The van der Waals surface area contributed by atoms with Gasteiger partial charge in [0.15, 0.2) is 0 Å². The minimum atomic E-state index is -1.37. The Balaban J connectivity index is 2.85. The molecule has 1 aromatic carbocycles. The highest BCUT2D eigenvalue weighted by molar-refractivity contribution is 5.68. The quantitative estimate of drug-likeness (QED) is 0.864. The Bertz CT molecular complexity index is 412. The third-order valence-corrected chi connectivity index (χ3v) is 2.40. The van der Waals surface area contributed by atoms with Crippen molar-refractivity contribution in [1.82, 2.24) is 0 Å². The van der Waals surface area contributed by atoms with Crippen molar-refractivity contribution < 1.29 is 19.7 Å². The molecule has 100 valence electrons. The molecule has 0 saturated carbocycles. The zero-order chi connectivity index (χ0) is 14.0. The molecule has 0 bridgehead atoms. The molecule has 0 fully saturated rings. The molecule has 4 heteroatoms. The van der Waals surface area contributed by atoms with Crippen molar-refractivity contribution >= 4 is 5.97 Å². The van der Waals surface area contributed by atoms with Gasteiger partial charge in [0, 0.05) is 0 Å². The van der Waals surface area contributed by atoms with Crippen molar-refractivity contribution in [2.75, 3.05) is 0 Å². The maximum Gasteiger partial charge on any atom is 0.306 e. The molecule has 0 spiro atoms. The predicted octanol–water partition coefficient (Wildman–Crippen LogP) is 2.55. The van der Waals surface area contributed by atoms with E-state index in [0.717, 1.165) is 0 Å². The average molecular weight is 252 g/mol. The highest BCUT2D eigenvalue weighted by Crippen LogP contribution is 2.27. The van der Waals surface area contributed by atoms with Crippen LogP contribution in [0.3, 0.4) is 0 Å². The summed E-state index contributed by atoms with van der Waals surface area (Å²) in [6.07, 6.45) is -0.327. The largest absolute Gasteiger partial charge is 0.488 e. The maximum atomic E-state index is 10.7. The second-order valence-corrected chi connectivity index (χ2v) is 5.58. The molecule has 0 aliphatic heterocycles. The molecule has 0 amide bonds. The molecule has 0 heterocycles. The Labute approximate surface area is 107 Å². The molecule has 1 aromatic rings. The van der Waals surface area contributed by atoms with Crippen LogP contribution in [0.5, 0.6) is 5.75 Å². The van der Waals surface area contributed by atoms with Crippen LogP contribution >= 0.6 is 0 Å². The van der Waals surface area contributed by atoms with Crippen molar-refractivity contribution in [3.8, 4) is 5.75 Å². The molecule has 4 nitrogen and oxygen atoms in total. The van der Waals surface area contributed by atoms with Crippen LogP contribution < -0.4 is 4.74 Å². The lowest BCUT2D eigenvalue weighted by Gasteiger charge is -2.24.